The van der Waals surface area contributed by atoms with E-state index in [4.69, 9.17) is 0 Å². The molecule has 1 aromatic rings. The van der Waals surface area contributed by atoms with E-state index in [0.717, 1.165) is 21.7 Å². The van der Waals surface area contributed by atoms with E-state index in [1.807, 2.05) is 18.2 Å². The number of hydrogen-bond donors (Lipinski definition) is 0. The first-order valence-corrected chi connectivity index (χ1v) is 5.46. The maximum atomic E-state index is 10.2. The van der Waals surface area contributed by atoms with E-state index < -0.39 is 0 Å². The second-order valence-electron chi connectivity index (χ2n) is 2.43. The summed E-state index contributed by atoms with van der Waals surface area (Å²) >= 11 is 6.80. The monoisotopic (exact) mass is 290 g/mol. The molecule has 0 bridgehead atoms. The first kappa shape index (κ1) is 9.93. The molecule has 3 heteroatoms. The summed E-state index contributed by atoms with van der Waals surface area (Å²) in [5.74, 6) is 0. The van der Waals surface area contributed by atoms with Gasteiger partial charge in [0.15, 0.2) is 0 Å². The number of rotatable bonds is 3. The average Bonchev–Trinajstić information content (AvgIpc) is 2.05. The molecular formula is C9H8Br2O. The summed E-state index contributed by atoms with van der Waals surface area (Å²) in [5.41, 5.74) is 2.24. The third kappa shape index (κ3) is 2.42. The number of halogens is 2. The van der Waals surface area contributed by atoms with E-state index in [2.05, 4.69) is 31.9 Å². The summed E-state index contributed by atoms with van der Waals surface area (Å²) in [6.07, 6.45) is 1.40. The molecular weight excluding hydrogens is 284 g/mol. The lowest BCUT2D eigenvalue weighted by Crippen LogP contribution is -1.87. The zero-order chi connectivity index (χ0) is 8.97. The minimum atomic E-state index is 0.487. The third-order valence-electron chi connectivity index (χ3n) is 1.58. The van der Waals surface area contributed by atoms with Crippen molar-refractivity contribution in [2.24, 2.45) is 0 Å². The van der Waals surface area contributed by atoms with Gasteiger partial charge in [0.2, 0.25) is 0 Å². The van der Waals surface area contributed by atoms with Crippen LogP contribution in [0.4, 0.5) is 0 Å². The van der Waals surface area contributed by atoms with Crippen LogP contribution in [-0.4, -0.2) is 6.29 Å². The van der Waals surface area contributed by atoms with Gasteiger partial charge in [0.1, 0.15) is 6.29 Å². The van der Waals surface area contributed by atoms with Gasteiger partial charge < -0.3 is 4.79 Å². The van der Waals surface area contributed by atoms with Crippen LogP contribution in [0.25, 0.3) is 0 Å². The number of benzene rings is 1. The Morgan fingerprint density at radius 3 is 2.67 bits per heavy atom. The number of hydrogen-bond acceptors (Lipinski definition) is 1. The lowest BCUT2D eigenvalue weighted by atomic mass is 10.1. The minimum absolute atomic E-state index is 0.487. The zero-order valence-electron chi connectivity index (χ0n) is 6.39. The number of carbonyl (C=O) groups excluding carboxylic acids is 1. The summed E-state index contributed by atoms with van der Waals surface area (Å²) in [6.45, 7) is 0. The molecule has 0 aliphatic rings. The van der Waals surface area contributed by atoms with Gasteiger partial charge in [-0.1, -0.05) is 44.0 Å². The van der Waals surface area contributed by atoms with Crippen molar-refractivity contribution in [2.75, 3.05) is 0 Å². The Labute approximate surface area is 88.4 Å². The highest BCUT2D eigenvalue weighted by molar-refractivity contribution is 9.10. The van der Waals surface area contributed by atoms with E-state index in [-0.39, 0.29) is 0 Å². The largest absolute Gasteiger partial charge is 0.303 e. The molecule has 0 N–H and O–H groups in total. The Morgan fingerprint density at radius 1 is 1.42 bits per heavy atom. The first-order chi connectivity index (χ1) is 5.77. The van der Waals surface area contributed by atoms with Crippen LogP contribution >= 0.6 is 31.9 Å². The molecule has 0 radical (unpaired) electrons. The van der Waals surface area contributed by atoms with Crippen molar-refractivity contribution in [3.8, 4) is 0 Å². The van der Waals surface area contributed by atoms with E-state index in [1.165, 1.54) is 5.56 Å². The number of aldehydes is 1. The predicted octanol–water partition coefficient (Wildman–Crippen LogP) is 3.09. The predicted molar refractivity (Wildman–Crippen MR) is 56.5 cm³/mol. The fourth-order valence-corrected chi connectivity index (χ4v) is 2.35. The molecule has 0 aliphatic carbocycles. The van der Waals surface area contributed by atoms with Crippen LogP contribution in [0.3, 0.4) is 0 Å². The lowest BCUT2D eigenvalue weighted by molar-refractivity contribution is -0.107. The Bertz CT molecular complexity index is 284. The maximum absolute atomic E-state index is 10.2. The maximum Gasteiger partial charge on any atom is 0.124 e. The normalized spacial score (nSPS) is 9.83. The van der Waals surface area contributed by atoms with Crippen LogP contribution in [0.2, 0.25) is 0 Å². The first-order valence-electron chi connectivity index (χ1n) is 3.55. The van der Waals surface area contributed by atoms with Crippen molar-refractivity contribution in [1.29, 1.82) is 0 Å². The summed E-state index contributed by atoms with van der Waals surface area (Å²) in [4.78, 5) is 10.2. The summed E-state index contributed by atoms with van der Waals surface area (Å²) in [6, 6.07) is 5.96. The molecule has 0 saturated carbocycles. The van der Waals surface area contributed by atoms with Crippen molar-refractivity contribution in [2.45, 2.75) is 11.8 Å². The molecule has 1 aromatic carbocycles. The SMILES string of the molecule is O=CCc1ccc(CBr)c(Br)c1. The smallest absolute Gasteiger partial charge is 0.124 e. The Kier molecular flexibility index (Phi) is 3.95. The molecule has 0 aliphatic heterocycles. The van der Waals surface area contributed by atoms with E-state index in [0.29, 0.717) is 6.42 Å². The summed E-state index contributed by atoms with van der Waals surface area (Å²) < 4.78 is 1.05. The average molecular weight is 292 g/mol. The van der Waals surface area contributed by atoms with E-state index >= 15 is 0 Å². The van der Waals surface area contributed by atoms with Gasteiger partial charge in [-0.3, -0.25) is 0 Å². The second kappa shape index (κ2) is 4.77. The quantitative estimate of drug-likeness (QED) is 0.618. The molecule has 64 valence electrons. The van der Waals surface area contributed by atoms with Crippen molar-refractivity contribution in [3.05, 3.63) is 33.8 Å². The standard InChI is InChI=1S/C9H8Br2O/c10-6-8-2-1-7(3-4-12)5-9(8)11/h1-2,4-5H,3,6H2. The van der Waals surface area contributed by atoms with Crippen LogP contribution in [0.1, 0.15) is 11.1 Å². The van der Waals surface area contributed by atoms with Crippen molar-refractivity contribution >= 4 is 38.1 Å². The molecule has 0 aromatic heterocycles. The summed E-state index contributed by atoms with van der Waals surface area (Å²) in [5, 5.41) is 0.828. The van der Waals surface area contributed by atoms with Gasteiger partial charge in [-0.15, -0.1) is 0 Å². The molecule has 0 heterocycles. The van der Waals surface area contributed by atoms with Gasteiger partial charge in [0.05, 0.1) is 0 Å². The molecule has 12 heavy (non-hydrogen) atoms. The molecule has 0 spiro atoms. The Balaban J connectivity index is 2.93. The Morgan fingerprint density at radius 2 is 2.17 bits per heavy atom. The molecule has 1 nitrogen and oxygen atoms in total. The highest BCUT2D eigenvalue weighted by Crippen LogP contribution is 2.20. The minimum Gasteiger partial charge on any atom is -0.303 e. The van der Waals surface area contributed by atoms with Gasteiger partial charge in [-0.2, -0.15) is 0 Å². The molecule has 0 saturated heterocycles. The van der Waals surface area contributed by atoms with Crippen LogP contribution in [-0.2, 0) is 16.5 Å². The molecule has 0 unspecified atom stereocenters. The second-order valence-corrected chi connectivity index (χ2v) is 3.85. The van der Waals surface area contributed by atoms with Gasteiger partial charge in [-0.05, 0) is 17.2 Å². The zero-order valence-corrected chi connectivity index (χ0v) is 9.56. The van der Waals surface area contributed by atoms with Crippen LogP contribution in [0.15, 0.2) is 22.7 Å². The fourth-order valence-electron chi connectivity index (χ4n) is 0.922. The lowest BCUT2D eigenvalue weighted by Gasteiger charge is -2.01. The highest BCUT2D eigenvalue weighted by Gasteiger charge is 1.99. The van der Waals surface area contributed by atoms with Crippen molar-refractivity contribution in [1.82, 2.24) is 0 Å². The number of alkyl halides is 1. The highest BCUT2D eigenvalue weighted by atomic mass is 79.9. The fraction of sp³-hybridized carbons (Fsp3) is 0.222. The van der Waals surface area contributed by atoms with Gasteiger partial charge in [-0.25, -0.2) is 0 Å². The van der Waals surface area contributed by atoms with Gasteiger partial charge >= 0.3 is 0 Å². The Hall–Kier alpha value is -0.150. The van der Waals surface area contributed by atoms with Crippen molar-refractivity contribution < 1.29 is 4.79 Å². The molecule has 0 amide bonds. The van der Waals surface area contributed by atoms with Gasteiger partial charge in [0, 0.05) is 16.2 Å². The molecule has 0 fully saturated rings. The van der Waals surface area contributed by atoms with Crippen LogP contribution in [0.5, 0.6) is 0 Å². The van der Waals surface area contributed by atoms with Gasteiger partial charge in [0.25, 0.3) is 0 Å². The van der Waals surface area contributed by atoms with E-state index in [9.17, 15) is 4.79 Å². The third-order valence-corrected chi connectivity index (χ3v) is 2.92. The van der Waals surface area contributed by atoms with E-state index in [1.54, 1.807) is 0 Å². The molecule has 1 rings (SSSR count). The molecule has 0 atom stereocenters. The summed E-state index contributed by atoms with van der Waals surface area (Å²) in [7, 11) is 0. The van der Waals surface area contributed by atoms with Crippen LogP contribution < -0.4 is 0 Å². The van der Waals surface area contributed by atoms with Crippen LogP contribution in [0, 0.1) is 0 Å². The number of carbonyl (C=O) groups is 1. The van der Waals surface area contributed by atoms with Crippen molar-refractivity contribution in [3.63, 3.8) is 0 Å². The topological polar surface area (TPSA) is 17.1 Å².